The number of piperazine rings is 1. The monoisotopic (exact) mass is 294 g/mol. The third-order valence-electron chi connectivity index (χ3n) is 3.07. The Hall–Kier alpha value is -1.92. The molecule has 6 nitrogen and oxygen atoms in total. The van der Waals surface area contributed by atoms with Gasteiger partial charge in [0, 0.05) is 20.2 Å². The number of carbonyl (C=O) groups is 2. The predicted molar refractivity (Wildman–Crippen MR) is 78.6 cm³/mol. The van der Waals surface area contributed by atoms with E-state index in [0.717, 1.165) is 12.1 Å². The van der Waals surface area contributed by atoms with Gasteiger partial charge in [-0.2, -0.15) is 0 Å². The van der Waals surface area contributed by atoms with E-state index in [1.165, 1.54) is 0 Å². The highest BCUT2D eigenvalue weighted by atomic mass is 16.5. The zero-order valence-electron chi connectivity index (χ0n) is 12.4. The molecule has 0 radical (unpaired) electrons. The first kappa shape index (κ1) is 17.1. The van der Waals surface area contributed by atoms with E-state index < -0.39 is 0 Å². The van der Waals surface area contributed by atoms with Gasteiger partial charge in [-0.3, -0.25) is 9.59 Å². The van der Waals surface area contributed by atoms with Gasteiger partial charge >= 0.3 is 0 Å². The van der Waals surface area contributed by atoms with Crippen LogP contribution in [0.15, 0.2) is 30.3 Å². The summed E-state index contributed by atoms with van der Waals surface area (Å²) >= 11 is 0. The summed E-state index contributed by atoms with van der Waals surface area (Å²) in [5.41, 5.74) is 1.01. The van der Waals surface area contributed by atoms with Gasteiger partial charge in [0.2, 0.25) is 5.91 Å². The van der Waals surface area contributed by atoms with E-state index in [0.29, 0.717) is 19.6 Å². The van der Waals surface area contributed by atoms with Crippen LogP contribution in [0.4, 0.5) is 0 Å². The Morgan fingerprint density at radius 3 is 2.62 bits per heavy atom. The minimum atomic E-state index is -0.186. The first-order valence-electron chi connectivity index (χ1n) is 6.82. The van der Waals surface area contributed by atoms with Crippen molar-refractivity contribution in [1.29, 1.82) is 0 Å². The molecule has 2 rings (SSSR count). The largest absolute Gasteiger partial charge is 0.463 e. The maximum atomic E-state index is 11.1. The maximum Gasteiger partial charge on any atom is 0.293 e. The molecule has 1 aliphatic heterocycles. The molecule has 1 saturated heterocycles. The van der Waals surface area contributed by atoms with Crippen LogP contribution in [-0.2, 0) is 25.7 Å². The minimum absolute atomic E-state index is 0.0330. The highest BCUT2D eigenvalue weighted by molar-refractivity contribution is 5.83. The Bertz CT molecular complexity index is 425. The van der Waals surface area contributed by atoms with Crippen LogP contribution in [0.1, 0.15) is 12.5 Å². The zero-order valence-corrected chi connectivity index (χ0v) is 12.4. The molecule has 6 heteroatoms. The van der Waals surface area contributed by atoms with Gasteiger partial charge in [0.1, 0.15) is 12.6 Å². The molecule has 0 bridgehead atoms. The predicted octanol–water partition coefficient (Wildman–Crippen LogP) is 0.469. The van der Waals surface area contributed by atoms with Crippen molar-refractivity contribution in [2.75, 3.05) is 20.2 Å². The van der Waals surface area contributed by atoms with Crippen LogP contribution < -0.4 is 10.6 Å². The molecule has 0 saturated carbocycles. The van der Waals surface area contributed by atoms with E-state index in [1.807, 2.05) is 37.3 Å². The lowest BCUT2D eigenvalue weighted by molar-refractivity contribution is -0.130. The Morgan fingerprint density at radius 2 is 2.05 bits per heavy atom. The van der Waals surface area contributed by atoms with Gasteiger partial charge in [-0.25, -0.2) is 0 Å². The van der Waals surface area contributed by atoms with Gasteiger partial charge in [0.05, 0.1) is 6.10 Å². The summed E-state index contributed by atoms with van der Waals surface area (Å²) in [5.74, 6) is 0.0330. The van der Waals surface area contributed by atoms with Gasteiger partial charge in [-0.05, 0) is 12.5 Å². The Kier molecular flexibility index (Phi) is 8.08. The molecular formula is C15H22N2O4. The van der Waals surface area contributed by atoms with Crippen LogP contribution in [0.2, 0.25) is 0 Å². The fourth-order valence-corrected chi connectivity index (χ4v) is 1.84. The summed E-state index contributed by atoms with van der Waals surface area (Å²) in [5, 5.41) is 5.85. The van der Waals surface area contributed by atoms with Crippen LogP contribution in [0, 0.1) is 0 Å². The molecule has 116 valence electrons. The third-order valence-corrected chi connectivity index (χ3v) is 3.07. The first-order valence-corrected chi connectivity index (χ1v) is 6.82. The number of methoxy groups -OCH3 is 1. The van der Waals surface area contributed by atoms with Crippen LogP contribution in [0.3, 0.4) is 0 Å². The summed E-state index contributed by atoms with van der Waals surface area (Å²) in [6.07, 6.45) is -0.0599. The van der Waals surface area contributed by atoms with Crippen molar-refractivity contribution in [3.63, 3.8) is 0 Å². The molecule has 0 spiro atoms. The van der Waals surface area contributed by atoms with Gasteiger partial charge < -0.3 is 20.1 Å². The van der Waals surface area contributed by atoms with Crippen molar-refractivity contribution in [3.05, 3.63) is 35.9 Å². The fraction of sp³-hybridized carbons (Fsp3) is 0.467. The second kappa shape index (κ2) is 9.90. The summed E-state index contributed by atoms with van der Waals surface area (Å²) in [6, 6.07) is 9.36. The number of hydrogen-bond donors (Lipinski definition) is 2. The van der Waals surface area contributed by atoms with Crippen molar-refractivity contribution in [2.45, 2.75) is 25.7 Å². The van der Waals surface area contributed by atoms with E-state index in [4.69, 9.17) is 4.74 Å². The Balaban J connectivity index is 0.000000211. The van der Waals surface area contributed by atoms with Gasteiger partial charge in [-0.15, -0.1) is 0 Å². The van der Waals surface area contributed by atoms with Crippen LogP contribution in [0.5, 0.6) is 0 Å². The molecule has 2 unspecified atom stereocenters. The molecule has 0 aliphatic carbocycles. The smallest absolute Gasteiger partial charge is 0.293 e. The molecule has 2 N–H and O–H groups in total. The molecule has 1 aromatic rings. The number of rotatable bonds is 5. The van der Waals surface area contributed by atoms with Crippen molar-refractivity contribution >= 4 is 12.4 Å². The Labute approximate surface area is 124 Å². The molecule has 1 heterocycles. The third kappa shape index (κ3) is 6.37. The van der Waals surface area contributed by atoms with Gasteiger partial charge in [0.15, 0.2) is 0 Å². The molecular weight excluding hydrogens is 272 g/mol. The highest BCUT2D eigenvalue weighted by Gasteiger charge is 2.26. The minimum Gasteiger partial charge on any atom is -0.463 e. The lowest BCUT2D eigenvalue weighted by Gasteiger charge is -2.27. The quantitative estimate of drug-likeness (QED) is 0.772. The molecule has 21 heavy (non-hydrogen) atoms. The van der Waals surface area contributed by atoms with Crippen molar-refractivity contribution in [2.24, 2.45) is 0 Å². The summed E-state index contributed by atoms with van der Waals surface area (Å²) in [6.45, 7) is 4.23. The maximum absolute atomic E-state index is 11.1. The summed E-state index contributed by atoms with van der Waals surface area (Å²) in [4.78, 5) is 20.9. The molecule has 0 aromatic heterocycles. The number of nitrogens with one attached hydrogen (secondary N) is 2. The van der Waals surface area contributed by atoms with Gasteiger partial charge in [0.25, 0.3) is 6.47 Å². The first-order chi connectivity index (χ1) is 10.2. The number of ether oxygens (including phenoxy) is 2. The lowest BCUT2D eigenvalue weighted by atomic mass is 10.1. The number of hydrogen-bond acceptors (Lipinski definition) is 5. The summed E-state index contributed by atoms with van der Waals surface area (Å²) in [7, 11) is 1.61. The lowest BCUT2D eigenvalue weighted by Crippen LogP contribution is -2.57. The second-order valence-corrected chi connectivity index (χ2v) is 4.56. The van der Waals surface area contributed by atoms with E-state index >= 15 is 0 Å². The summed E-state index contributed by atoms with van der Waals surface area (Å²) < 4.78 is 9.58. The molecule has 1 amide bonds. The second-order valence-electron chi connectivity index (χ2n) is 4.56. The molecule has 2 atom stereocenters. The van der Waals surface area contributed by atoms with Crippen LogP contribution >= 0.6 is 0 Å². The number of amides is 1. The number of carbonyl (C=O) groups excluding carboxylic acids is 2. The van der Waals surface area contributed by atoms with Gasteiger partial charge in [-0.1, -0.05) is 30.3 Å². The number of benzene rings is 1. The fourth-order valence-electron chi connectivity index (χ4n) is 1.84. The van der Waals surface area contributed by atoms with Crippen LogP contribution in [-0.4, -0.2) is 44.7 Å². The van der Waals surface area contributed by atoms with E-state index in [2.05, 4.69) is 15.4 Å². The van der Waals surface area contributed by atoms with E-state index in [1.54, 1.807) is 7.11 Å². The SMILES string of the molecule is COC(C)C1NCCNC1=O.O=COCc1ccccc1. The topological polar surface area (TPSA) is 76.7 Å². The molecule has 1 fully saturated rings. The highest BCUT2D eigenvalue weighted by Crippen LogP contribution is 1.99. The average molecular weight is 294 g/mol. The molecule has 1 aliphatic rings. The zero-order chi connectivity index (χ0) is 15.5. The van der Waals surface area contributed by atoms with E-state index in [-0.39, 0.29) is 18.1 Å². The van der Waals surface area contributed by atoms with Crippen molar-refractivity contribution < 1.29 is 19.1 Å². The normalized spacial score (nSPS) is 18.8. The van der Waals surface area contributed by atoms with E-state index in [9.17, 15) is 9.59 Å². The molecule has 1 aromatic carbocycles. The standard InChI is InChI=1S/C8H8O2.C7H14N2O2/c9-7-10-6-8-4-2-1-3-5-8;1-5(11-2)6-7(10)9-4-3-8-6/h1-5,7H,6H2;5-6,8H,3-4H2,1-2H3,(H,9,10). The van der Waals surface area contributed by atoms with Crippen molar-refractivity contribution in [1.82, 2.24) is 10.6 Å². The van der Waals surface area contributed by atoms with Crippen LogP contribution in [0.25, 0.3) is 0 Å². The van der Waals surface area contributed by atoms with Crippen molar-refractivity contribution in [3.8, 4) is 0 Å². The average Bonchev–Trinajstić information content (AvgIpc) is 2.54. The Morgan fingerprint density at radius 1 is 1.33 bits per heavy atom.